The highest BCUT2D eigenvalue weighted by atomic mass is 32.2. The Morgan fingerprint density at radius 2 is 1.83 bits per heavy atom. The van der Waals surface area contributed by atoms with E-state index in [0.717, 1.165) is 0 Å². The van der Waals surface area contributed by atoms with Gasteiger partial charge in [0.2, 0.25) is 10.0 Å². The van der Waals surface area contributed by atoms with E-state index >= 15 is 0 Å². The van der Waals surface area contributed by atoms with Crippen LogP contribution in [0.4, 0.5) is 0 Å². The molecule has 1 heterocycles. The van der Waals surface area contributed by atoms with Crippen molar-refractivity contribution in [3.63, 3.8) is 0 Å². The molecular formula is C20H33N3O5S. The van der Waals surface area contributed by atoms with E-state index < -0.39 is 10.0 Å². The highest BCUT2D eigenvalue weighted by molar-refractivity contribution is 7.89. The standard InChI is InChI=1S/C20H33N3O5S/c1-17(2)28-15-4-11-22(20(24)18-5-7-19(27-3)8-6-18)14-16-29(25,26)23-12-9-21-10-13-23/h5-8,17,21H,4,9-16H2,1-3H3. The third kappa shape index (κ3) is 7.58. The minimum Gasteiger partial charge on any atom is -0.497 e. The molecule has 0 aliphatic carbocycles. The monoisotopic (exact) mass is 427 g/mol. The Balaban J connectivity index is 2.03. The van der Waals surface area contributed by atoms with Gasteiger partial charge in [-0.3, -0.25) is 4.79 Å². The van der Waals surface area contributed by atoms with Crippen molar-refractivity contribution < 1.29 is 22.7 Å². The second-order valence-electron chi connectivity index (χ2n) is 7.26. The van der Waals surface area contributed by atoms with Crippen LogP contribution in [0.2, 0.25) is 0 Å². The molecule has 0 aromatic heterocycles. The van der Waals surface area contributed by atoms with Crippen molar-refractivity contribution in [1.29, 1.82) is 0 Å². The summed E-state index contributed by atoms with van der Waals surface area (Å²) < 4.78 is 37.5. The third-order valence-electron chi connectivity index (χ3n) is 4.74. The lowest BCUT2D eigenvalue weighted by Gasteiger charge is -2.28. The van der Waals surface area contributed by atoms with Gasteiger partial charge in [0.1, 0.15) is 5.75 Å². The van der Waals surface area contributed by atoms with Crippen LogP contribution in [0.3, 0.4) is 0 Å². The van der Waals surface area contributed by atoms with E-state index in [9.17, 15) is 13.2 Å². The molecule has 29 heavy (non-hydrogen) atoms. The van der Waals surface area contributed by atoms with Gasteiger partial charge in [-0.1, -0.05) is 0 Å². The zero-order valence-electron chi connectivity index (χ0n) is 17.6. The summed E-state index contributed by atoms with van der Waals surface area (Å²) in [7, 11) is -1.83. The number of piperazine rings is 1. The average Bonchev–Trinajstić information content (AvgIpc) is 2.73. The molecule has 1 aromatic carbocycles. The predicted octanol–water partition coefficient (Wildman–Crippen LogP) is 1.19. The molecule has 9 heteroatoms. The molecule has 1 amide bonds. The Morgan fingerprint density at radius 1 is 1.17 bits per heavy atom. The van der Waals surface area contributed by atoms with E-state index in [1.807, 2.05) is 13.8 Å². The normalized spacial score (nSPS) is 15.4. The van der Waals surface area contributed by atoms with Gasteiger partial charge >= 0.3 is 0 Å². The number of carbonyl (C=O) groups is 1. The van der Waals surface area contributed by atoms with Crippen molar-refractivity contribution in [3.05, 3.63) is 29.8 Å². The summed E-state index contributed by atoms with van der Waals surface area (Å²) in [6.45, 7) is 7.28. The molecule has 1 N–H and O–H groups in total. The van der Waals surface area contributed by atoms with E-state index in [-0.39, 0.29) is 24.3 Å². The lowest BCUT2D eigenvalue weighted by atomic mass is 10.2. The Labute approximate surface area is 174 Å². The van der Waals surface area contributed by atoms with Gasteiger partial charge < -0.3 is 19.7 Å². The Morgan fingerprint density at radius 3 is 2.41 bits per heavy atom. The van der Waals surface area contributed by atoms with Crippen molar-refractivity contribution in [2.75, 3.05) is 58.7 Å². The van der Waals surface area contributed by atoms with E-state index in [2.05, 4.69) is 5.32 Å². The van der Waals surface area contributed by atoms with Crippen LogP contribution in [0.5, 0.6) is 5.75 Å². The topological polar surface area (TPSA) is 88.2 Å². The molecule has 1 aliphatic heterocycles. The first kappa shape index (κ1) is 23.6. The molecule has 1 aromatic rings. The smallest absolute Gasteiger partial charge is 0.253 e. The summed E-state index contributed by atoms with van der Waals surface area (Å²) >= 11 is 0. The number of methoxy groups -OCH3 is 1. The molecule has 1 fully saturated rings. The van der Waals surface area contributed by atoms with Crippen LogP contribution in [-0.4, -0.2) is 88.4 Å². The van der Waals surface area contributed by atoms with Crippen molar-refractivity contribution >= 4 is 15.9 Å². The number of nitrogens with one attached hydrogen (secondary N) is 1. The second kappa shape index (κ2) is 11.5. The fraction of sp³-hybridized carbons (Fsp3) is 0.650. The zero-order chi connectivity index (χ0) is 21.3. The van der Waals surface area contributed by atoms with Gasteiger partial charge in [-0.25, -0.2) is 8.42 Å². The maximum absolute atomic E-state index is 13.0. The lowest BCUT2D eigenvalue weighted by Crippen LogP contribution is -2.48. The quantitative estimate of drug-likeness (QED) is 0.534. The summed E-state index contributed by atoms with van der Waals surface area (Å²) in [5.41, 5.74) is 0.509. The van der Waals surface area contributed by atoms with Crippen LogP contribution in [0.1, 0.15) is 30.6 Å². The largest absolute Gasteiger partial charge is 0.497 e. The zero-order valence-corrected chi connectivity index (χ0v) is 18.4. The summed E-state index contributed by atoms with van der Waals surface area (Å²) in [6.07, 6.45) is 0.766. The van der Waals surface area contributed by atoms with Crippen LogP contribution in [0.15, 0.2) is 24.3 Å². The lowest BCUT2D eigenvalue weighted by molar-refractivity contribution is 0.0625. The van der Waals surface area contributed by atoms with Gasteiger partial charge in [0.25, 0.3) is 5.91 Å². The van der Waals surface area contributed by atoms with Crippen LogP contribution in [0.25, 0.3) is 0 Å². The number of ether oxygens (including phenoxy) is 2. The first-order valence-electron chi connectivity index (χ1n) is 10.1. The molecule has 8 nitrogen and oxygen atoms in total. The van der Waals surface area contributed by atoms with Gasteiger partial charge in [0.05, 0.1) is 19.0 Å². The molecule has 2 rings (SSSR count). The molecule has 164 valence electrons. The van der Waals surface area contributed by atoms with Crippen molar-refractivity contribution in [3.8, 4) is 5.75 Å². The number of nitrogens with zero attached hydrogens (tertiary/aromatic N) is 2. The fourth-order valence-corrected chi connectivity index (χ4v) is 4.53. The Hall–Kier alpha value is -1.68. The molecule has 0 spiro atoms. The van der Waals surface area contributed by atoms with Gasteiger partial charge in [0.15, 0.2) is 0 Å². The van der Waals surface area contributed by atoms with Gasteiger partial charge in [0, 0.05) is 51.4 Å². The molecular weight excluding hydrogens is 394 g/mol. The molecule has 0 unspecified atom stereocenters. The first-order valence-corrected chi connectivity index (χ1v) is 11.7. The molecule has 0 saturated carbocycles. The van der Waals surface area contributed by atoms with Crippen LogP contribution in [0, 0.1) is 0 Å². The molecule has 0 atom stereocenters. The van der Waals surface area contributed by atoms with E-state index in [0.29, 0.717) is 57.1 Å². The molecule has 0 radical (unpaired) electrons. The minimum atomic E-state index is -3.40. The SMILES string of the molecule is COc1ccc(C(=O)N(CCCOC(C)C)CCS(=O)(=O)N2CCNCC2)cc1. The summed E-state index contributed by atoms with van der Waals surface area (Å²) in [5.74, 6) is 0.396. The third-order valence-corrected chi connectivity index (χ3v) is 6.59. The number of sulfonamides is 1. The van der Waals surface area contributed by atoms with Gasteiger partial charge in [-0.15, -0.1) is 0 Å². The van der Waals surface area contributed by atoms with Gasteiger partial charge in [-0.2, -0.15) is 4.31 Å². The number of hydrogen-bond donors (Lipinski definition) is 1. The van der Waals surface area contributed by atoms with Crippen molar-refractivity contribution in [1.82, 2.24) is 14.5 Å². The van der Waals surface area contributed by atoms with Crippen LogP contribution >= 0.6 is 0 Å². The summed E-state index contributed by atoms with van der Waals surface area (Å²) in [4.78, 5) is 14.6. The first-order chi connectivity index (χ1) is 13.8. The fourth-order valence-electron chi connectivity index (χ4n) is 3.08. The van der Waals surface area contributed by atoms with Crippen LogP contribution < -0.4 is 10.1 Å². The summed E-state index contributed by atoms with van der Waals surface area (Å²) in [6, 6.07) is 6.85. The second-order valence-corrected chi connectivity index (χ2v) is 9.35. The highest BCUT2D eigenvalue weighted by Gasteiger charge is 2.26. The van der Waals surface area contributed by atoms with Crippen LogP contribution in [-0.2, 0) is 14.8 Å². The minimum absolute atomic E-state index is 0.0834. The van der Waals surface area contributed by atoms with Crippen molar-refractivity contribution in [2.45, 2.75) is 26.4 Å². The number of benzene rings is 1. The Bertz CT molecular complexity index is 731. The maximum atomic E-state index is 13.0. The number of carbonyl (C=O) groups excluding carboxylic acids is 1. The Kier molecular flexibility index (Phi) is 9.35. The number of hydrogen-bond acceptors (Lipinski definition) is 6. The molecule has 1 saturated heterocycles. The summed E-state index contributed by atoms with van der Waals surface area (Å²) in [5, 5.41) is 3.15. The maximum Gasteiger partial charge on any atom is 0.253 e. The van der Waals surface area contributed by atoms with Gasteiger partial charge in [-0.05, 0) is 44.5 Å². The van der Waals surface area contributed by atoms with E-state index in [1.165, 1.54) is 4.31 Å². The number of amides is 1. The van der Waals surface area contributed by atoms with E-state index in [1.54, 1.807) is 36.3 Å². The predicted molar refractivity (Wildman–Crippen MR) is 113 cm³/mol. The highest BCUT2D eigenvalue weighted by Crippen LogP contribution is 2.14. The molecule has 1 aliphatic rings. The number of rotatable bonds is 11. The van der Waals surface area contributed by atoms with E-state index in [4.69, 9.17) is 9.47 Å². The average molecular weight is 428 g/mol. The van der Waals surface area contributed by atoms with Crippen molar-refractivity contribution in [2.24, 2.45) is 0 Å². The molecule has 0 bridgehead atoms.